The number of amides is 4. The van der Waals surface area contributed by atoms with Crippen LogP contribution in [0.15, 0.2) is 41.5 Å². The van der Waals surface area contributed by atoms with E-state index < -0.39 is 11.9 Å². The Morgan fingerprint density at radius 1 is 1.10 bits per heavy atom. The van der Waals surface area contributed by atoms with E-state index in [0.29, 0.717) is 42.5 Å². The number of carbonyl (C=O) groups is 4. The number of pyridine rings is 1. The van der Waals surface area contributed by atoms with Crippen LogP contribution >= 0.6 is 11.6 Å². The second-order valence-corrected chi connectivity index (χ2v) is 10.8. The van der Waals surface area contributed by atoms with Crippen LogP contribution in [0.5, 0.6) is 5.75 Å². The van der Waals surface area contributed by atoms with E-state index in [4.69, 9.17) is 16.3 Å². The molecule has 224 valence electrons. The summed E-state index contributed by atoms with van der Waals surface area (Å²) in [6.45, 7) is 1.91. The van der Waals surface area contributed by atoms with Crippen LogP contribution in [0.2, 0.25) is 5.02 Å². The molecular weight excluding hydrogens is 562 g/mol. The lowest BCUT2D eigenvalue weighted by Gasteiger charge is -2.25. The van der Waals surface area contributed by atoms with Crippen LogP contribution < -0.4 is 15.4 Å². The van der Waals surface area contributed by atoms with Gasteiger partial charge in [-0.1, -0.05) is 11.6 Å². The number of rotatable bonds is 7. The third-order valence-corrected chi connectivity index (χ3v) is 7.41. The molecule has 2 fully saturated rings. The number of aliphatic imine (C=N–C) groups is 1. The third-order valence-electron chi connectivity index (χ3n) is 7.12. The van der Waals surface area contributed by atoms with E-state index in [1.807, 2.05) is 0 Å². The largest absolute Gasteiger partial charge is 0.495 e. The number of hydrogen-bond donors (Lipinski definition) is 2. The van der Waals surface area contributed by atoms with Crippen LogP contribution in [0.1, 0.15) is 53.0 Å². The van der Waals surface area contributed by atoms with Crippen LogP contribution in [0.3, 0.4) is 0 Å². The lowest BCUT2D eigenvalue weighted by molar-refractivity contribution is -0.140. The van der Waals surface area contributed by atoms with Crippen LogP contribution in [0.4, 0.5) is 5.69 Å². The summed E-state index contributed by atoms with van der Waals surface area (Å²) in [6, 6.07) is 7.12. The average molecular weight is 598 g/mol. The van der Waals surface area contributed by atoms with Crippen LogP contribution in [0, 0.1) is 0 Å². The first-order valence-corrected chi connectivity index (χ1v) is 14.3. The minimum atomic E-state index is -0.811. The summed E-state index contributed by atoms with van der Waals surface area (Å²) in [7, 11) is 4.73. The van der Waals surface area contributed by atoms with Gasteiger partial charge in [0.05, 0.1) is 24.2 Å². The Labute approximate surface area is 250 Å². The van der Waals surface area contributed by atoms with Gasteiger partial charge in [-0.05, 0) is 62.4 Å². The summed E-state index contributed by atoms with van der Waals surface area (Å²) in [4.78, 5) is 65.3. The highest BCUT2D eigenvalue weighted by Gasteiger charge is 2.30. The number of ether oxygens (including phenoxy) is 1. The van der Waals surface area contributed by atoms with E-state index in [9.17, 15) is 19.2 Å². The van der Waals surface area contributed by atoms with Gasteiger partial charge < -0.3 is 24.8 Å². The van der Waals surface area contributed by atoms with Crippen molar-refractivity contribution in [3.63, 3.8) is 0 Å². The van der Waals surface area contributed by atoms with Gasteiger partial charge >= 0.3 is 0 Å². The third kappa shape index (κ3) is 7.75. The number of likely N-dealkylation sites (tertiary alicyclic amines) is 2. The predicted octanol–water partition coefficient (Wildman–Crippen LogP) is 2.65. The van der Waals surface area contributed by atoms with E-state index in [1.54, 1.807) is 42.1 Å². The van der Waals surface area contributed by atoms with Gasteiger partial charge in [0, 0.05) is 45.6 Å². The van der Waals surface area contributed by atoms with E-state index in [-0.39, 0.29) is 41.5 Å². The molecule has 2 N–H and O–H groups in total. The number of halogens is 1. The first-order valence-electron chi connectivity index (χ1n) is 13.9. The predicted molar refractivity (Wildman–Crippen MR) is 159 cm³/mol. The van der Waals surface area contributed by atoms with Gasteiger partial charge in [0.1, 0.15) is 17.5 Å². The van der Waals surface area contributed by atoms with Crippen molar-refractivity contribution in [2.45, 2.75) is 38.1 Å². The Morgan fingerprint density at radius 3 is 2.48 bits per heavy atom. The molecule has 0 aliphatic carbocycles. The van der Waals surface area contributed by atoms with Crippen molar-refractivity contribution in [1.82, 2.24) is 25.0 Å². The van der Waals surface area contributed by atoms with E-state index in [0.717, 1.165) is 25.7 Å². The van der Waals surface area contributed by atoms with Crippen molar-refractivity contribution in [2.75, 3.05) is 52.7 Å². The fraction of sp³-hybridized carbons (Fsp3) is 0.448. The average Bonchev–Trinajstić information content (AvgIpc) is 3.47. The topological polar surface area (TPSA) is 137 Å². The summed E-state index contributed by atoms with van der Waals surface area (Å²) < 4.78 is 5.22. The lowest BCUT2D eigenvalue weighted by Crippen LogP contribution is -2.45. The number of guanidine groups is 1. The van der Waals surface area contributed by atoms with Crippen LogP contribution in [-0.4, -0.2) is 103 Å². The normalized spacial score (nSPS) is 17.5. The van der Waals surface area contributed by atoms with Crippen molar-refractivity contribution >= 4 is 46.9 Å². The molecule has 1 aromatic carbocycles. The zero-order chi connectivity index (χ0) is 30.2. The number of methoxy groups -OCH3 is 1. The molecule has 13 heteroatoms. The standard InChI is InChI=1S/C29H36ClN7O5/c1-35(2)27(40)22-11-9-19(17-31-22)26(39)34-29(32-20-10-12-24(42-3)21(30)16-20)33-23-8-4-5-15-37(28(23)41)18-25(38)36-13-6-7-14-36/h9-12,16-17,23H,4-8,13-15,18H2,1-3H3,(H2,32,33,34,39)/t23-/m0/s1. The summed E-state index contributed by atoms with van der Waals surface area (Å²) in [6.07, 6.45) is 5.19. The molecule has 0 bridgehead atoms. The summed E-state index contributed by atoms with van der Waals surface area (Å²) in [5, 5.41) is 6.13. The van der Waals surface area contributed by atoms with Crippen LogP contribution in [-0.2, 0) is 9.59 Å². The molecule has 0 unspecified atom stereocenters. The molecule has 1 aromatic heterocycles. The molecule has 0 radical (unpaired) electrons. The van der Waals surface area contributed by atoms with Crippen molar-refractivity contribution < 1.29 is 23.9 Å². The maximum Gasteiger partial charge on any atom is 0.271 e. The monoisotopic (exact) mass is 597 g/mol. The minimum Gasteiger partial charge on any atom is -0.495 e. The molecule has 4 rings (SSSR count). The van der Waals surface area contributed by atoms with Crippen LogP contribution in [0.25, 0.3) is 0 Å². The molecule has 2 aliphatic rings. The van der Waals surface area contributed by atoms with Crippen molar-refractivity contribution in [3.05, 3.63) is 52.8 Å². The number of hydrogen-bond acceptors (Lipinski definition) is 7. The molecule has 0 spiro atoms. The van der Waals surface area contributed by atoms with E-state index in [1.165, 1.54) is 30.3 Å². The summed E-state index contributed by atoms with van der Waals surface area (Å²) in [5.74, 6) is -0.661. The molecule has 42 heavy (non-hydrogen) atoms. The summed E-state index contributed by atoms with van der Waals surface area (Å²) >= 11 is 6.31. The van der Waals surface area contributed by atoms with Crippen molar-refractivity contribution in [3.8, 4) is 5.75 Å². The molecule has 2 saturated heterocycles. The molecule has 3 heterocycles. The Kier molecular flexibility index (Phi) is 10.3. The van der Waals surface area contributed by atoms with Crippen molar-refractivity contribution in [2.24, 2.45) is 4.99 Å². The second-order valence-electron chi connectivity index (χ2n) is 10.4. The number of aromatic nitrogens is 1. The fourth-order valence-corrected chi connectivity index (χ4v) is 5.04. The fourth-order valence-electron chi connectivity index (χ4n) is 4.79. The SMILES string of the molecule is COc1ccc(NC(=N[C@H]2CCCCN(CC(=O)N3CCCC3)C2=O)NC(=O)c2ccc(C(=O)N(C)C)nc2)cc1Cl. The van der Waals surface area contributed by atoms with Crippen molar-refractivity contribution in [1.29, 1.82) is 0 Å². The highest BCUT2D eigenvalue weighted by Crippen LogP contribution is 2.27. The van der Waals surface area contributed by atoms with Gasteiger partial charge in [-0.25, -0.2) is 4.99 Å². The molecule has 2 aromatic rings. The summed E-state index contributed by atoms with van der Waals surface area (Å²) in [5.41, 5.74) is 0.897. The Hall–Kier alpha value is -4.19. The Bertz CT molecular complexity index is 1340. The zero-order valence-electron chi connectivity index (χ0n) is 24.1. The van der Waals surface area contributed by atoms with Gasteiger partial charge in [-0.15, -0.1) is 0 Å². The Morgan fingerprint density at radius 2 is 1.83 bits per heavy atom. The molecular formula is C29H36ClN7O5. The van der Waals surface area contributed by atoms with Gasteiger partial charge in [0.2, 0.25) is 17.8 Å². The molecule has 12 nitrogen and oxygen atoms in total. The number of anilines is 1. The molecule has 1 atom stereocenters. The number of carbonyl (C=O) groups excluding carboxylic acids is 4. The lowest BCUT2D eigenvalue weighted by atomic mass is 10.1. The quantitative estimate of drug-likeness (QED) is 0.370. The minimum absolute atomic E-state index is 0.0117. The van der Waals surface area contributed by atoms with Gasteiger partial charge in [-0.3, -0.25) is 29.5 Å². The molecule has 4 amide bonds. The van der Waals surface area contributed by atoms with Gasteiger partial charge in [0.15, 0.2) is 0 Å². The number of nitrogens with one attached hydrogen (secondary N) is 2. The van der Waals surface area contributed by atoms with Gasteiger partial charge in [0.25, 0.3) is 11.8 Å². The zero-order valence-corrected chi connectivity index (χ0v) is 24.8. The van der Waals surface area contributed by atoms with Gasteiger partial charge in [-0.2, -0.15) is 0 Å². The highest BCUT2D eigenvalue weighted by atomic mass is 35.5. The molecule has 2 aliphatic heterocycles. The maximum absolute atomic E-state index is 13.6. The highest BCUT2D eigenvalue weighted by molar-refractivity contribution is 6.32. The second kappa shape index (κ2) is 14.1. The first-order chi connectivity index (χ1) is 20.2. The maximum atomic E-state index is 13.6. The molecule has 0 saturated carbocycles. The Balaban J connectivity index is 1.57. The van der Waals surface area contributed by atoms with E-state index in [2.05, 4.69) is 20.6 Å². The number of benzene rings is 1. The van der Waals surface area contributed by atoms with E-state index >= 15 is 0 Å². The number of nitrogens with zero attached hydrogens (tertiary/aromatic N) is 5. The first kappa shape index (κ1) is 30.8. The smallest absolute Gasteiger partial charge is 0.271 e.